The molecule has 0 spiro atoms. The summed E-state index contributed by atoms with van der Waals surface area (Å²) in [5, 5.41) is 4.82. The van der Waals surface area contributed by atoms with Crippen LogP contribution in [0.4, 0.5) is 5.69 Å². The van der Waals surface area contributed by atoms with Gasteiger partial charge >= 0.3 is 0 Å². The number of halogens is 2. The summed E-state index contributed by atoms with van der Waals surface area (Å²) in [4.78, 5) is 4.37. The van der Waals surface area contributed by atoms with E-state index in [2.05, 4.69) is 16.4 Å². The van der Waals surface area contributed by atoms with Gasteiger partial charge in [0.05, 0.1) is 20.9 Å². The maximum Gasteiger partial charge on any atom is 0.106 e. The smallest absolute Gasteiger partial charge is 0.106 e. The Morgan fingerprint density at radius 2 is 2.00 bits per heavy atom. The van der Waals surface area contributed by atoms with Crippen molar-refractivity contribution in [2.24, 2.45) is 0 Å². The number of rotatable bonds is 3. The summed E-state index contributed by atoms with van der Waals surface area (Å²) in [5.41, 5.74) is 5.82. The number of hydrogen-bond donors (Lipinski definition) is 1. The number of benzene rings is 2. The molecule has 1 aromatic heterocycles. The zero-order valence-electron chi connectivity index (χ0n) is 10.8. The lowest BCUT2D eigenvalue weighted by atomic mass is 10.1. The summed E-state index contributed by atoms with van der Waals surface area (Å²) in [5.74, 6) is 0. The highest BCUT2D eigenvalue weighted by Gasteiger charge is 2.08. The predicted octanol–water partition coefficient (Wildman–Crippen LogP) is 5.52. The first kappa shape index (κ1) is 13.7. The van der Waals surface area contributed by atoms with E-state index in [1.807, 2.05) is 36.7 Å². The van der Waals surface area contributed by atoms with Gasteiger partial charge in [-0.15, -0.1) is 11.3 Å². The van der Waals surface area contributed by atoms with Crippen molar-refractivity contribution >= 4 is 50.4 Å². The number of thiazole rings is 1. The standard InChI is InChI=1S/C15H12Cl2N2S/c1-9-2-3-10(6-12(9)17)7-18-14-11(16)4-5-13-15(14)19-8-20-13/h2-6,8,18H,7H2,1H3. The molecule has 1 heterocycles. The molecule has 0 bridgehead atoms. The van der Waals surface area contributed by atoms with Gasteiger partial charge in [-0.2, -0.15) is 0 Å². The van der Waals surface area contributed by atoms with Crippen LogP contribution < -0.4 is 5.32 Å². The molecule has 0 radical (unpaired) electrons. The Labute approximate surface area is 131 Å². The molecule has 1 N–H and O–H groups in total. The van der Waals surface area contributed by atoms with E-state index in [0.29, 0.717) is 11.6 Å². The molecule has 5 heteroatoms. The van der Waals surface area contributed by atoms with E-state index in [4.69, 9.17) is 23.2 Å². The zero-order valence-corrected chi connectivity index (χ0v) is 13.1. The quantitative estimate of drug-likeness (QED) is 0.686. The molecule has 2 aromatic carbocycles. The van der Waals surface area contributed by atoms with Crippen molar-refractivity contribution in [2.75, 3.05) is 5.32 Å². The number of aromatic nitrogens is 1. The van der Waals surface area contributed by atoms with Crippen LogP contribution in [0.5, 0.6) is 0 Å². The summed E-state index contributed by atoms with van der Waals surface area (Å²) >= 11 is 14.0. The molecule has 102 valence electrons. The Morgan fingerprint density at radius 3 is 2.80 bits per heavy atom. The van der Waals surface area contributed by atoms with E-state index in [-0.39, 0.29) is 0 Å². The summed E-state index contributed by atoms with van der Waals surface area (Å²) in [7, 11) is 0. The van der Waals surface area contributed by atoms with Gasteiger partial charge in [0, 0.05) is 11.6 Å². The molecule has 0 saturated carbocycles. The van der Waals surface area contributed by atoms with Crippen molar-refractivity contribution in [1.82, 2.24) is 4.98 Å². The molecule has 0 atom stereocenters. The van der Waals surface area contributed by atoms with Gasteiger partial charge in [-0.1, -0.05) is 35.3 Å². The number of nitrogens with one attached hydrogen (secondary N) is 1. The van der Waals surface area contributed by atoms with Gasteiger partial charge in [-0.25, -0.2) is 4.98 Å². The molecule has 0 aliphatic rings. The first-order valence-electron chi connectivity index (χ1n) is 6.16. The molecule has 0 aliphatic heterocycles. The second-order valence-corrected chi connectivity index (χ2v) is 6.26. The van der Waals surface area contributed by atoms with E-state index in [1.54, 1.807) is 11.3 Å². The molecule has 2 nitrogen and oxygen atoms in total. The van der Waals surface area contributed by atoms with Gasteiger partial charge in [-0.05, 0) is 36.2 Å². The molecule has 0 aliphatic carbocycles. The monoisotopic (exact) mass is 322 g/mol. The zero-order chi connectivity index (χ0) is 14.1. The number of nitrogens with zero attached hydrogens (tertiary/aromatic N) is 1. The summed E-state index contributed by atoms with van der Waals surface area (Å²) in [6, 6.07) is 9.93. The van der Waals surface area contributed by atoms with Gasteiger partial charge in [-0.3, -0.25) is 0 Å². The highest BCUT2D eigenvalue weighted by molar-refractivity contribution is 7.16. The van der Waals surface area contributed by atoms with E-state index in [1.165, 1.54) is 0 Å². The van der Waals surface area contributed by atoms with Crippen molar-refractivity contribution in [3.63, 3.8) is 0 Å². The van der Waals surface area contributed by atoms with Crippen molar-refractivity contribution in [3.05, 3.63) is 57.0 Å². The molecule has 0 fully saturated rings. The van der Waals surface area contributed by atoms with Gasteiger partial charge < -0.3 is 5.32 Å². The predicted molar refractivity (Wildman–Crippen MR) is 88.1 cm³/mol. The van der Waals surface area contributed by atoms with Crippen LogP contribution >= 0.6 is 34.5 Å². The summed E-state index contributed by atoms with van der Waals surface area (Å²) in [6.07, 6.45) is 0. The van der Waals surface area contributed by atoms with Crippen molar-refractivity contribution < 1.29 is 0 Å². The Balaban J connectivity index is 1.88. The van der Waals surface area contributed by atoms with Gasteiger partial charge in [0.25, 0.3) is 0 Å². The topological polar surface area (TPSA) is 24.9 Å². The lowest BCUT2D eigenvalue weighted by Gasteiger charge is -2.10. The molecular weight excluding hydrogens is 311 g/mol. The molecule has 3 aromatic rings. The highest BCUT2D eigenvalue weighted by atomic mass is 35.5. The van der Waals surface area contributed by atoms with Crippen LogP contribution in [0.3, 0.4) is 0 Å². The number of anilines is 1. The van der Waals surface area contributed by atoms with Crippen LogP contribution in [0, 0.1) is 6.92 Å². The largest absolute Gasteiger partial charge is 0.378 e. The molecule has 20 heavy (non-hydrogen) atoms. The minimum atomic E-state index is 0.663. The van der Waals surface area contributed by atoms with Gasteiger partial charge in [0.15, 0.2) is 0 Å². The van der Waals surface area contributed by atoms with Crippen LogP contribution in [0.25, 0.3) is 10.2 Å². The maximum atomic E-state index is 6.26. The normalized spacial score (nSPS) is 10.9. The van der Waals surface area contributed by atoms with Crippen LogP contribution in [0.1, 0.15) is 11.1 Å². The lowest BCUT2D eigenvalue weighted by molar-refractivity contribution is 1.15. The number of hydrogen-bond acceptors (Lipinski definition) is 3. The van der Waals surface area contributed by atoms with Gasteiger partial charge in [0.2, 0.25) is 0 Å². The van der Waals surface area contributed by atoms with E-state index >= 15 is 0 Å². The van der Waals surface area contributed by atoms with Crippen molar-refractivity contribution in [1.29, 1.82) is 0 Å². The maximum absolute atomic E-state index is 6.26. The van der Waals surface area contributed by atoms with E-state index in [9.17, 15) is 0 Å². The van der Waals surface area contributed by atoms with Crippen LogP contribution in [0.15, 0.2) is 35.8 Å². The van der Waals surface area contributed by atoms with E-state index < -0.39 is 0 Å². The van der Waals surface area contributed by atoms with Crippen LogP contribution in [-0.4, -0.2) is 4.98 Å². The van der Waals surface area contributed by atoms with Crippen molar-refractivity contribution in [2.45, 2.75) is 13.5 Å². The fourth-order valence-electron chi connectivity index (χ4n) is 2.01. The minimum Gasteiger partial charge on any atom is -0.378 e. The Hall–Kier alpha value is -1.29. The second kappa shape index (κ2) is 5.60. The third-order valence-corrected chi connectivity index (χ3v) is 4.67. The number of aryl methyl sites for hydroxylation is 1. The Bertz CT molecular complexity index is 768. The Kier molecular flexibility index (Phi) is 3.83. The first-order chi connectivity index (χ1) is 9.65. The molecule has 0 unspecified atom stereocenters. The lowest BCUT2D eigenvalue weighted by Crippen LogP contribution is -2.01. The third kappa shape index (κ3) is 2.62. The SMILES string of the molecule is Cc1ccc(CNc2c(Cl)ccc3scnc23)cc1Cl. The number of fused-ring (bicyclic) bond motifs is 1. The van der Waals surface area contributed by atoms with E-state index in [0.717, 1.165) is 32.1 Å². The first-order valence-corrected chi connectivity index (χ1v) is 7.79. The fourth-order valence-corrected chi connectivity index (χ4v) is 3.12. The molecule has 0 saturated heterocycles. The van der Waals surface area contributed by atoms with Crippen molar-refractivity contribution in [3.8, 4) is 0 Å². The highest BCUT2D eigenvalue weighted by Crippen LogP contribution is 2.32. The summed E-state index contributed by atoms with van der Waals surface area (Å²) < 4.78 is 1.12. The molecule has 3 rings (SSSR count). The Morgan fingerprint density at radius 1 is 1.15 bits per heavy atom. The fraction of sp³-hybridized carbons (Fsp3) is 0.133. The summed E-state index contributed by atoms with van der Waals surface area (Å²) in [6.45, 7) is 2.66. The van der Waals surface area contributed by atoms with Gasteiger partial charge in [0.1, 0.15) is 5.52 Å². The van der Waals surface area contributed by atoms with Crippen LogP contribution in [0.2, 0.25) is 10.0 Å². The third-order valence-electron chi connectivity index (χ3n) is 3.16. The average molecular weight is 323 g/mol. The minimum absolute atomic E-state index is 0.663. The second-order valence-electron chi connectivity index (χ2n) is 4.56. The van der Waals surface area contributed by atoms with Crippen LogP contribution in [-0.2, 0) is 6.54 Å². The average Bonchev–Trinajstić information content (AvgIpc) is 2.90. The molecular formula is C15H12Cl2N2S. The molecule has 0 amide bonds.